The van der Waals surface area contributed by atoms with Gasteiger partial charge in [0.2, 0.25) is 0 Å². The van der Waals surface area contributed by atoms with Crippen LogP contribution in [0.5, 0.6) is 0 Å². The van der Waals surface area contributed by atoms with E-state index >= 15 is 0 Å². The number of aryl methyl sites for hydroxylation is 2. The topological polar surface area (TPSA) is 37.8 Å². The standard InChI is InChI=1S/C14H23N3/c1-8(2)15-7-13-10(4)16-14(17-11(13)5)12-6-9(12)3/h8-9,12,15H,6-7H2,1-5H3. The van der Waals surface area contributed by atoms with Crippen molar-refractivity contribution in [3.63, 3.8) is 0 Å². The van der Waals surface area contributed by atoms with Gasteiger partial charge in [-0.1, -0.05) is 20.8 Å². The van der Waals surface area contributed by atoms with Gasteiger partial charge in [0.1, 0.15) is 5.82 Å². The summed E-state index contributed by atoms with van der Waals surface area (Å²) in [6.07, 6.45) is 1.25. The summed E-state index contributed by atoms with van der Waals surface area (Å²) in [7, 11) is 0. The number of aromatic nitrogens is 2. The fraction of sp³-hybridized carbons (Fsp3) is 0.714. The van der Waals surface area contributed by atoms with Crippen LogP contribution in [0.4, 0.5) is 0 Å². The largest absolute Gasteiger partial charge is 0.310 e. The molecule has 0 aliphatic heterocycles. The minimum absolute atomic E-state index is 0.497. The van der Waals surface area contributed by atoms with Crippen LogP contribution in [0.15, 0.2) is 0 Å². The molecule has 0 saturated heterocycles. The monoisotopic (exact) mass is 233 g/mol. The molecule has 0 bridgehead atoms. The van der Waals surface area contributed by atoms with Gasteiger partial charge in [-0.2, -0.15) is 0 Å². The maximum atomic E-state index is 4.67. The lowest BCUT2D eigenvalue weighted by Gasteiger charge is -2.13. The molecule has 1 N–H and O–H groups in total. The minimum Gasteiger partial charge on any atom is -0.310 e. The number of hydrogen-bond acceptors (Lipinski definition) is 3. The van der Waals surface area contributed by atoms with Crippen molar-refractivity contribution in [3.8, 4) is 0 Å². The molecule has 94 valence electrons. The predicted molar refractivity (Wildman–Crippen MR) is 70.0 cm³/mol. The van der Waals surface area contributed by atoms with Crippen LogP contribution in [0, 0.1) is 19.8 Å². The Morgan fingerprint density at radius 2 is 1.76 bits per heavy atom. The lowest BCUT2D eigenvalue weighted by atomic mass is 10.1. The van der Waals surface area contributed by atoms with Crippen LogP contribution in [-0.2, 0) is 6.54 Å². The lowest BCUT2D eigenvalue weighted by molar-refractivity contribution is 0.581. The molecule has 17 heavy (non-hydrogen) atoms. The molecule has 2 rings (SSSR count). The maximum absolute atomic E-state index is 4.67. The molecule has 2 unspecified atom stereocenters. The molecule has 1 aromatic rings. The van der Waals surface area contributed by atoms with E-state index in [0.717, 1.165) is 29.7 Å². The predicted octanol–water partition coefficient (Wildman–Crippen LogP) is 2.71. The van der Waals surface area contributed by atoms with Crippen molar-refractivity contribution in [2.24, 2.45) is 5.92 Å². The molecule has 0 aromatic carbocycles. The maximum Gasteiger partial charge on any atom is 0.132 e. The molecule has 1 saturated carbocycles. The fourth-order valence-corrected chi connectivity index (χ4v) is 2.18. The van der Waals surface area contributed by atoms with Crippen molar-refractivity contribution in [1.29, 1.82) is 0 Å². The highest BCUT2D eigenvalue weighted by molar-refractivity contribution is 5.26. The SMILES string of the molecule is Cc1nc(C2CC2C)nc(C)c1CNC(C)C. The zero-order valence-corrected chi connectivity index (χ0v) is 11.5. The van der Waals surface area contributed by atoms with E-state index in [1.54, 1.807) is 0 Å². The first kappa shape index (κ1) is 12.5. The minimum atomic E-state index is 0.497. The van der Waals surface area contributed by atoms with Gasteiger partial charge in [0.15, 0.2) is 0 Å². The Labute approximate surface area is 104 Å². The molecule has 0 amide bonds. The number of nitrogens with one attached hydrogen (secondary N) is 1. The summed E-state index contributed by atoms with van der Waals surface area (Å²) in [5.41, 5.74) is 3.54. The number of nitrogens with zero attached hydrogens (tertiary/aromatic N) is 2. The van der Waals surface area contributed by atoms with Crippen LogP contribution in [0.1, 0.15) is 55.9 Å². The first-order valence-corrected chi connectivity index (χ1v) is 6.56. The fourth-order valence-electron chi connectivity index (χ4n) is 2.18. The van der Waals surface area contributed by atoms with E-state index in [1.807, 2.05) is 0 Å². The van der Waals surface area contributed by atoms with Crippen LogP contribution in [0.3, 0.4) is 0 Å². The molecule has 1 heterocycles. The second kappa shape index (κ2) is 4.73. The van der Waals surface area contributed by atoms with Crippen LogP contribution in [0.2, 0.25) is 0 Å². The van der Waals surface area contributed by atoms with E-state index in [9.17, 15) is 0 Å². The molecule has 0 radical (unpaired) electrons. The van der Waals surface area contributed by atoms with Crippen molar-refractivity contribution < 1.29 is 0 Å². The van der Waals surface area contributed by atoms with E-state index in [0.29, 0.717) is 12.0 Å². The van der Waals surface area contributed by atoms with Crippen molar-refractivity contribution >= 4 is 0 Å². The highest BCUT2D eigenvalue weighted by Gasteiger charge is 2.36. The molecule has 1 aromatic heterocycles. The van der Waals surface area contributed by atoms with Crippen LogP contribution < -0.4 is 5.32 Å². The van der Waals surface area contributed by atoms with Crippen molar-refractivity contribution in [2.75, 3.05) is 0 Å². The van der Waals surface area contributed by atoms with E-state index in [1.165, 1.54) is 12.0 Å². The normalized spacial score (nSPS) is 23.2. The second-order valence-electron chi connectivity index (χ2n) is 5.59. The van der Waals surface area contributed by atoms with E-state index < -0.39 is 0 Å². The Morgan fingerprint density at radius 3 is 2.18 bits per heavy atom. The zero-order valence-electron chi connectivity index (χ0n) is 11.5. The second-order valence-corrected chi connectivity index (χ2v) is 5.59. The molecule has 2 atom stereocenters. The third-order valence-electron chi connectivity index (χ3n) is 3.57. The molecule has 1 fully saturated rings. The molecular weight excluding hydrogens is 210 g/mol. The average molecular weight is 233 g/mol. The van der Waals surface area contributed by atoms with Gasteiger partial charge < -0.3 is 5.32 Å². The number of hydrogen-bond donors (Lipinski definition) is 1. The molecule has 1 aliphatic rings. The van der Waals surface area contributed by atoms with Crippen LogP contribution in [0.25, 0.3) is 0 Å². The summed E-state index contributed by atoms with van der Waals surface area (Å²) in [5, 5.41) is 3.44. The summed E-state index contributed by atoms with van der Waals surface area (Å²) in [6, 6.07) is 0.497. The lowest BCUT2D eigenvalue weighted by Crippen LogP contribution is -2.23. The molecule has 1 aliphatic carbocycles. The molecular formula is C14H23N3. The first-order chi connectivity index (χ1) is 7.99. The smallest absolute Gasteiger partial charge is 0.132 e. The van der Waals surface area contributed by atoms with Gasteiger partial charge in [0.05, 0.1) is 0 Å². The van der Waals surface area contributed by atoms with Gasteiger partial charge in [0.25, 0.3) is 0 Å². The summed E-state index contributed by atoms with van der Waals surface area (Å²) in [6.45, 7) is 11.7. The molecule has 0 spiro atoms. The van der Waals surface area contributed by atoms with Crippen molar-refractivity contribution in [3.05, 3.63) is 22.8 Å². The number of rotatable bonds is 4. The zero-order chi connectivity index (χ0) is 12.6. The first-order valence-electron chi connectivity index (χ1n) is 6.56. The Hall–Kier alpha value is -0.960. The van der Waals surface area contributed by atoms with Crippen molar-refractivity contribution in [1.82, 2.24) is 15.3 Å². The van der Waals surface area contributed by atoms with E-state index in [-0.39, 0.29) is 0 Å². The van der Waals surface area contributed by atoms with Crippen LogP contribution in [-0.4, -0.2) is 16.0 Å². The Morgan fingerprint density at radius 1 is 1.24 bits per heavy atom. The van der Waals surface area contributed by atoms with Crippen LogP contribution >= 0.6 is 0 Å². The summed E-state index contributed by atoms with van der Waals surface area (Å²) in [5.74, 6) is 2.44. The molecule has 3 nitrogen and oxygen atoms in total. The van der Waals surface area contributed by atoms with Gasteiger partial charge >= 0.3 is 0 Å². The van der Waals surface area contributed by atoms with Gasteiger partial charge in [0, 0.05) is 35.5 Å². The quantitative estimate of drug-likeness (QED) is 0.869. The Kier molecular flexibility index (Phi) is 3.48. The average Bonchev–Trinajstić information content (AvgIpc) is 2.93. The van der Waals surface area contributed by atoms with Gasteiger partial charge in [-0.15, -0.1) is 0 Å². The van der Waals surface area contributed by atoms with E-state index in [4.69, 9.17) is 0 Å². The third-order valence-corrected chi connectivity index (χ3v) is 3.57. The summed E-state index contributed by atoms with van der Waals surface area (Å²) < 4.78 is 0. The third kappa shape index (κ3) is 2.83. The highest BCUT2D eigenvalue weighted by Crippen LogP contribution is 2.45. The van der Waals surface area contributed by atoms with Gasteiger partial charge in [-0.05, 0) is 26.2 Å². The Balaban J connectivity index is 2.17. The van der Waals surface area contributed by atoms with Gasteiger partial charge in [-0.3, -0.25) is 0 Å². The summed E-state index contributed by atoms with van der Waals surface area (Å²) >= 11 is 0. The summed E-state index contributed by atoms with van der Waals surface area (Å²) in [4.78, 5) is 9.35. The molecule has 3 heteroatoms. The Bertz CT molecular complexity index is 389. The highest BCUT2D eigenvalue weighted by atomic mass is 14.9. The van der Waals surface area contributed by atoms with E-state index in [2.05, 4.69) is 49.9 Å². The van der Waals surface area contributed by atoms with Gasteiger partial charge in [-0.25, -0.2) is 9.97 Å². The van der Waals surface area contributed by atoms with Crippen molar-refractivity contribution in [2.45, 2.75) is 59.5 Å².